The third-order valence-electron chi connectivity index (χ3n) is 4.03. The molecule has 0 radical (unpaired) electrons. The lowest BCUT2D eigenvalue weighted by Gasteiger charge is -2.11. The highest BCUT2D eigenvalue weighted by atomic mass is 16.5. The van der Waals surface area contributed by atoms with Crippen LogP contribution >= 0.6 is 0 Å². The Hall–Kier alpha value is -3.02. The van der Waals surface area contributed by atoms with Crippen molar-refractivity contribution in [3.8, 4) is 5.75 Å². The third-order valence-corrected chi connectivity index (χ3v) is 4.03. The van der Waals surface area contributed by atoms with Crippen LogP contribution in [0.15, 0.2) is 47.5 Å². The van der Waals surface area contributed by atoms with Crippen LogP contribution in [0.2, 0.25) is 0 Å². The van der Waals surface area contributed by atoms with E-state index in [9.17, 15) is 9.59 Å². The monoisotopic (exact) mass is 353 g/mol. The van der Waals surface area contributed by atoms with Crippen LogP contribution in [0.3, 0.4) is 0 Å². The predicted molar refractivity (Wildman–Crippen MR) is 103 cm³/mol. The van der Waals surface area contributed by atoms with Crippen LogP contribution in [0, 0.1) is 12.8 Å². The van der Waals surface area contributed by atoms with Gasteiger partial charge < -0.3 is 19.6 Å². The molecule has 3 rings (SSSR count). The summed E-state index contributed by atoms with van der Waals surface area (Å²) in [6, 6.07) is 9.25. The number of nitrogens with zero attached hydrogens (tertiary/aromatic N) is 1. The van der Waals surface area contributed by atoms with Gasteiger partial charge in [0, 0.05) is 36.1 Å². The Morgan fingerprint density at radius 3 is 2.85 bits per heavy atom. The average Bonchev–Trinajstić information content (AvgIpc) is 2.97. The molecule has 0 unspecified atom stereocenters. The first-order valence-electron chi connectivity index (χ1n) is 8.64. The summed E-state index contributed by atoms with van der Waals surface area (Å²) >= 11 is 0. The quantitative estimate of drug-likeness (QED) is 0.714. The molecule has 0 fully saturated rings. The van der Waals surface area contributed by atoms with Crippen LogP contribution in [0.4, 0.5) is 5.69 Å². The molecule has 2 aromatic heterocycles. The fourth-order valence-electron chi connectivity index (χ4n) is 2.89. The molecule has 0 atom stereocenters. The number of benzene rings is 1. The number of carbonyl (C=O) groups is 1. The number of pyridine rings is 1. The number of carbonyl (C=O) groups excluding carboxylic acids is 1. The van der Waals surface area contributed by atoms with E-state index in [4.69, 9.17) is 4.74 Å². The van der Waals surface area contributed by atoms with Gasteiger partial charge in [-0.05, 0) is 31.0 Å². The molecule has 0 aliphatic carbocycles. The Labute approximate surface area is 151 Å². The highest BCUT2D eigenvalue weighted by Crippen LogP contribution is 2.25. The van der Waals surface area contributed by atoms with E-state index in [1.54, 1.807) is 6.92 Å². The first kappa shape index (κ1) is 17.8. The largest absolute Gasteiger partial charge is 0.478 e. The second kappa shape index (κ2) is 7.47. The molecular weight excluding hydrogens is 330 g/mol. The van der Waals surface area contributed by atoms with Gasteiger partial charge in [0.25, 0.3) is 5.91 Å². The number of fused-ring (bicyclic) bond motifs is 1. The summed E-state index contributed by atoms with van der Waals surface area (Å²) in [7, 11) is 0. The molecule has 6 nitrogen and oxygen atoms in total. The molecule has 0 saturated carbocycles. The smallest absolute Gasteiger partial charge is 0.262 e. The van der Waals surface area contributed by atoms with E-state index in [-0.39, 0.29) is 23.7 Å². The van der Waals surface area contributed by atoms with Crippen LogP contribution in [-0.4, -0.2) is 22.1 Å². The maximum Gasteiger partial charge on any atom is 0.262 e. The Bertz CT molecular complexity index is 985. The number of nitrogens with one attached hydrogen (secondary N) is 2. The van der Waals surface area contributed by atoms with Gasteiger partial charge in [-0.25, -0.2) is 0 Å². The number of ether oxygens (including phenoxy) is 1. The van der Waals surface area contributed by atoms with Gasteiger partial charge in [0.15, 0.2) is 12.4 Å². The molecule has 26 heavy (non-hydrogen) atoms. The standard InChI is InChI=1S/C20H23N3O3/c1-13(2)11-23-8-7-15-16(5-4-6-17(15)23)22-20(25)12-26-19-10-21-14(3)9-18(19)24/h4-10,13H,11-12H2,1-3H3,(H,21,24)(H,22,25). The van der Waals surface area contributed by atoms with E-state index >= 15 is 0 Å². The number of amides is 1. The van der Waals surface area contributed by atoms with Crippen molar-refractivity contribution in [2.45, 2.75) is 27.3 Å². The Morgan fingerprint density at radius 2 is 2.12 bits per heavy atom. The van der Waals surface area contributed by atoms with E-state index in [0.29, 0.717) is 5.92 Å². The van der Waals surface area contributed by atoms with Crippen molar-refractivity contribution in [2.24, 2.45) is 5.92 Å². The number of aromatic nitrogens is 2. The normalized spacial score (nSPS) is 11.1. The van der Waals surface area contributed by atoms with Crippen molar-refractivity contribution in [1.29, 1.82) is 0 Å². The molecule has 2 heterocycles. The van der Waals surface area contributed by atoms with Gasteiger partial charge in [-0.2, -0.15) is 0 Å². The number of hydrogen-bond acceptors (Lipinski definition) is 3. The molecule has 0 aliphatic heterocycles. The zero-order valence-corrected chi connectivity index (χ0v) is 15.2. The van der Waals surface area contributed by atoms with Gasteiger partial charge in [-0.15, -0.1) is 0 Å². The molecule has 136 valence electrons. The van der Waals surface area contributed by atoms with E-state index in [1.807, 2.05) is 30.5 Å². The van der Waals surface area contributed by atoms with E-state index in [1.165, 1.54) is 12.3 Å². The van der Waals surface area contributed by atoms with Crippen LogP contribution in [0.5, 0.6) is 5.75 Å². The summed E-state index contributed by atoms with van der Waals surface area (Å²) in [5, 5.41) is 3.84. The second-order valence-corrected chi connectivity index (χ2v) is 6.78. The van der Waals surface area contributed by atoms with Gasteiger partial charge in [-0.3, -0.25) is 9.59 Å². The third kappa shape index (κ3) is 3.96. The fraction of sp³-hybridized carbons (Fsp3) is 0.300. The Balaban J connectivity index is 1.71. The number of aryl methyl sites for hydroxylation is 1. The molecule has 1 aromatic carbocycles. The molecule has 3 aromatic rings. The molecule has 6 heteroatoms. The molecule has 1 amide bonds. The summed E-state index contributed by atoms with van der Waals surface area (Å²) in [5.41, 5.74) is 2.30. The first-order valence-corrected chi connectivity index (χ1v) is 8.64. The summed E-state index contributed by atoms with van der Waals surface area (Å²) in [6.07, 6.45) is 3.50. The van der Waals surface area contributed by atoms with E-state index in [2.05, 4.69) is 28.7 Å². The van der Waals surface area contributed by atoms with Crippen LogP contribution in [-0.2, 0) is 11.3 Å². The number of anilines is 1. The Kier molecular flexibility index (Phi) is 5.11. The maximum absolute atomic E-state index is 12.2. The van der Waals surface area contributed by atoms with Gasteiger partial charge in [0.05, 0.1) is 11.2 Å². The average molecular weight is 353 g/mol. The zero-order chi connectivity index (χ0) is 18.7. The first-order chi connectivity index (χ1) is 12.4. The van der Waals surface area contributed by atoms with Gasteiger partial charge in [0.1, 0.15) is 0 Å². The minimum atomic E-state index is -0.311. The Morgan fingerprint density at radius 1 is 1.31 bits per heavy atom. The lowest BCUT2D eigenvalue weighted by molar-refractivity contribution is -0.118. The zero-order valence-electron chi connectivity index (χ0n) is 15.2. The number of hydrogen-bond donors (Lipinski definition) is 2. The summed E-state index contributed by atoms with van der Waals surface area (Å²) in [5.74, 6) is 0.353. The maximum atomic E-state index is 12.2. The van der Waals surface area contributed by atoms with Crippen molar-refractivity contribution in [3.05, 3.63) is 58.6 Å². The van der Waals surface area contributed by atoms with Crippen LogP contribution in [0.1, 0.15) is 19.5 Å². The van der Waals surface area contributed by atoms with E-state index < -0.39 is 0 Å². The van der Waals surface area contributed by atoms with Crippen molar-refractivity contribution in [1.82, 2.24) is 9.55 Å². The summed E-state index contributed by atoms with van der Waals surface area (Å²) in [4.78, 5) is 26.9. The number of H-pyrrole nitrogens is 1. The van der Waals surface area contributed by atoms with Crippen LogP contribution in [0.25, 0.3) is 10.9 Å². The molecule has 0 aliphatic rings. The van der Waals surface area contributed by atoms with Crippen molar-refractivity contribution < 1.29 is 9.53 Å². The van der Waals surface area contributed by atoms with Crippen molar-refractivity contribution in [3.63, 3.8) is 0 Å². The lowest BCUT2D eigenvalue weighted by atomic mass is 10.2. The summed E-state index contributed by atoms with van der Waals surface area (Å²) in [6.45, 7) is 6.81. The highest BCUT2D eigenvalue weighted by molar-refractivity contribution is 6.02. The van der Waals surface area contributed by atoms with Gasteiger partial charge >= 0.3 is 0 Å². The molecule has 0 saturated heterocycles. The molecule has 0 spiro atoms. The number of aromatic amines is 1. The van der Waals surface area contributed by atoms with Crippen molar-refractivity contribution >= 4 is 22.5 Å². The second-order valence-electron chi connectivity index (χ2n) is 6.78. The highest BCUT2D eigenvalue weighted by Gasteiger charge is 2.11. The SMILES string of the molecule is Cc1cc(=O)c(OCC(=O)Nc2cccc3c2ccn3CC(C)C)c[nH]1. The van der Waals surface area contributed by atoms with Crippen LogP contribution < -0.4 is 15.5 Å². The predicted octanol–water partition coefficient (Wildman–Crippen LogP) is 3.31. The van der Waals surface area contributed by atoms with Crippen molar-refractivity contribution in [2.75, 3.05) is 11.9 Å². The topological polar surface area (TPSA) is 76.1 Å². The molecule has 2 N–H and O–H groups in total. The van der Waals surface area contributed by atoms with E-state index in [0.717, 1.165) is 28.8 Å². The minimum absolute atomic E-state index is 0.132. The summed E-state index contributed by atoms with van der Waals surface area (Å²) < 4.78 is 7.51. The minimum Gasteiger partial charge on any atom is -0.478 e. The molecule has 0 bridgehead atoms. The van der Waals surface area contributed by atoms with Gasteiger partial charge in [-0.1, -0.05) is 19.9 Å². The molecular formula is C20H23N3O3. The fourth-order valence-corrected chi connectivity index (χ4v) is 2.89. The number of rotatable bonds is 6. The lowest BCUT2D eigenvalue weighted by Crippen LogP contribution is -2.22. The van der Waals surface area contributed by atoms with Gasteiger partial charge in [0.2, 0.25) is 5.43 Å².